The first-order valence-electron chi connectivity index (χ1n) is 4.74. The molecule has 66 valence electrons. The second kappa shape index (κ2) is 10.0. The molecule has 1 heteroatoms. The Labute approximate surface area is 75.8 Å². The van der Waals surface area contributed by atoms with Crippen LogP contribution < -0.4 is 0 Å². The lowest BCUT2D eigenvalue weighted by Gasteiger charge is -1.94. The summed E-state index contributed by atoms with van der Waals surface area (Å²) in [5.41, 5.74) is 0. The van der Waals surface area contributed by atoms with Crippen LogP contribution in [0.3, 0.4) is 0 Å². The fourth-order valence-electron chi connectivity index (χ4n) is 1.01. The first-order valence-corrected chi connectivity index (χ1v) is 4.74. The van der Waals surface area contributed by atoms with Gasteiger partial charge in [-0.05, 0) is 6.42 Å². The van der Waals surface area contributed by atoms with Gasteiger partial charge in [-0.2, -0.15) is 5.26 Å². The molecule has 0 saturated carbocycles. The molecule has 0 aliphatic carbocycles. The maximum atomic E-state index is 8.19. The fourth-order valence-corrected chi connectivity index (χ4v) is 1.01. The van der Waals surface area contributed by atoms with E-state index in [9.17, 15) is 0 Å². The molecule has 0 aromatic carbocycles. The smallest absolute Gasteiger partial charge is 0.0962 e. The van der Waals surface area contributed by atoms with E-state index in [1.807, 2.05) is 6.07 Å². The predicted molar refractivity (Wildman–Crippen MR) is 51.4 cm³/mol. The SMILES string of the molecule is CCCCCCCC#CCC#N. The van der Waals surface area contributed by atoms with Crippen LogP contribution in [0.1, 0.15) is 51.9 Å². The zero-order valence-electron chi connectivity index (χ0n) is 7.90. The van der Waals surface area contributed by atoms with Crippen LogP contribution >= 0.6 is 0 Å². The summed E-state index contributed by atoms with van der Waals surface area (Å²) < 4.78 is 0. The van der Waals surface area contributed by atoms with Gasteiger partial charge in [-0.15, -0.1) is 5.92 Å². The molecular formula is C11H17N. The van der Waals surface area contributed by atoms with E-state index in [4.69, 9.17) is 5.26 Å². The lowest BCUT2D eigenvalue weighted by atomic mass is 10.1. The van der Waals surface area contributed by atoms with Crippen LogP contribution in [0.4, 0.5) is 0 Å². The summed E-state index contributed by atoms with van der Waals surface area (Å²) in [5.74, 6) is 5.81. The maximum Gasteiger partial charge on any atom is 0.0962 e. The molecule has 0 N–H and O–H groups in total. The number of hydrogen-bond acceptors (Lipinski definition) is 1. The highest BCUT2D eigenvalue weighted by Gasteiger charge is 1.85. The van der Waals surface area contributed by atoms with Crippen molar-refractivity contribution in [1.82, 2.24) is 0 Å². The summed E-state index contributed by atoms with van der Waals surface area (Å²) in [6, 6.07) is 2.01. The van der Waals surface area contributed by atoms with Crippen molar-refractivity contribution in [2.45, 2.75) is 51.9 Å². The van der Waals surface area contributed by atoms with Crippen molar-refractivity contribution in [2.24, 2.45) is 0 Å². The Hall–Kier alpha value is -0.950. The van der Waals surface area contributed by atoms with E-state index in [1.54, 1.807) is 0 Å². The molecule has 0 fully saturated rings. The molecular weight excluding hydrogens is 146 g/mol. The Morgan fingerprint density at radius 3 is 2.42 bits per heavy atom. The Morgan fingerprint density at radius 1 is 1.00 bits per heavy atom. The van der Waals surface area contributed by atoms with Crippen molar-refractivity contribution in [3.63, 3.8) is 0 Å². The molecule has 12 heavy (non-hydrogen) atoms. The first kappa shape index (κ1) is 11.1. The molecule has 0 amide bonds. The molecule has 0 unspecified atom stereocenters. The first-order chi connectivity index (χ1) is 5.91. The summed E-state index contributed by atoms with van der Waals surface area (Å²) in [7, 11) is 0. The van der Waals surface area contributed by atoms with E-state index in [1.165, 1.54) is 32.1 Å². The van der Waals surface area contributed by atoms with Gasteiger partial charge in [-0.3, -0.25) is 0 Å². The average Bonchev–Trinajstić information content (AvgIpc) is 2.10. The molecule has 0 atom stereocenters. The van der Waals surface area contributed by atoms with E-state index < -0.39 is 0 Å². The van der Waals surface area contributed by atoms with Gasteiger partial charge in [-0.1, -0.05) is 38.5 Å². The molecule has 0 saturated heterocycles. The largest absolute Gasteiger partial charge is 0.197 e. The molecule has 0 aromatic heterocycles. The summed E-state index contributed by atoms with van der Waals surface area (Å²) in [5, 5.41) is 8.19. The molecule has 0 aromatic rings. The molecule has 0 aliphatic rings. The second-order valence-corrected chi connectivity index (χ2v) is 2.85. The maximum absolute atomic E-state index is 8.19. The minimum Gasteiger partial charge on any atom is -0.197 e. The van der Waals surface area contributed by atoms with E-state index in [0.717, 1.165) is 6.42 Å². The summed E-state index contributed by atoms with van der Waals surface area (Å²) >= 11 is 0. The van der Waals surface area contributed by atoms with Gasteiger partial charge in [0.05, 0.1) is 12.5 Å². The van der Waals surface area contributed by atoms with Gasteiger partial charge < -0.3 is 0 Å². The topological polar surface area (TPSA) is 23.8 Å². The van der Waals surface area contributed by atoms with Gasteiger partial charge >= 0.3 is 0 Å². The van der Waals surface area contributed by atoms with Crippen LogP contribution in [0.2, 0.25) is 0 Å². The fraction of sp³-hybridized carbons (Fsp3) is 0.727. The lowest BCUT2D eigenvalue weighted by Crippen LogP contribution is -1.75. The third kappa shape index (κ3) is 9.05. The third-order valence-corrected chi connectivity index (χ3v) is 1.70. The Bertz CT molecular complexity index is 177. The second-order valence-electron chi connectivity index (χ2n) is 2.85. The number of hydrogen-bond donors (Lipinski definition) is 0. The average molecular weight is 163 g/mol. The zero-order chi connectivity index (χ0) is 9.07. The van der Waals surface area contributed by atoms with Crippen molar-refractivity contribution in [3.8, 4) is 17.9 Å². The van der Waals surface area contributed by atoms with Crippen molar-refractivity contribution in [2.75, 3.05) is 0 Å². The van der Waals surface area contributed by atoms with Gasteiger partial charge in [-0.25, -0.2) is 0 Å². The van der Waals surface area contributed by atoms with Crippen molar-refractivity contribution >= 4 is 0 Å². The van der Waals surface area contributed by atoms with E-state index >= 15 is 0 Å². The number of rotatable bonds is 5. The van der Waals surface area contributed by atoms with Crippen LogP contribution in [-0.2, 0) is 0 Å². The quantitative estimate of drug-likeness (QED) is 0.451. The van der Waals surface area contributed by atoms with Crippen LogP contribution in [0, 0.1) is 23.2 Å². The zero-order valence-corrected chi connectivity index (χ0v) is 7.90. The summed E-state index contributed by atoms with van der Waals surface area (Å²) in [6.45, 7) is 2.22. The van der Waals surface area contributed by atoms with E-state index in [-0.39, 0.29) is 0 Å². The molecule has 0 heterocycles. The van der Waals surface area contributed by atoms with Crippen molar-refractivity contribution in [3.05, 3.63) is 0 Å². The molecule has 0 rings (SSSR count). The standard InChI is InChI=1S/C11H17N/c1-2-3-4-5-6-7-8-9-10-11-12/h2-7,10H2,1H3. The Kier molecular flexibility index (Phi) is 9.25. The number of unbranched alkanes of at least 4 members (excludes halogenated alkanes) is 5. The molecule has 0 bridgehead atoms. The van der Waals surface area contributed by atoms with E-state index in [0.29, 0.717) is 6.42 Å². The van der Waals surface area contributed by atoms with Gasteiger partial charge in [0.25, 0.3) is 0 Å². The van der Waals surface area contributed by atoms with Crippen LogP contribution in [-0.4, -0.2) is 0 Å². The minimum absolute atomic E-state index is 0.384. The van der Waals surface area contributed by atoms with E-state index in [2.05, 4.69) is 18.8 Å². The van der Waals surface area contributed by atoms with Crippen LogP contribution in [0.5, 0.6) is 0 Å². The summed E-state index contributed by atoms with van der Waals surface area (Å²) in [4.78, 5) is 0. The van der Waals surface area contributed by atoms with Crippen molar-refractivity contribution in [1.29, 1.82) is 5.26 Å². The Balaban J connectivity index is 3.02. The molecule has 0 aliphatic heterocycles. The third-order valence-electron chi connectivity index (χ3n) is 1.70. The van der Waals surface area contributed by atoms with Crippen molar-refractivity contribution < 1.29 is 0 Å². The highest BCUT2D eigenvalue weighted by Crippen LogP contribution is 2.03. The van der Waals surface area contributed by atoms with Crippen LogP contribution in [0.15, 0.2) is 0 Å². The molecule has 0 spiro atoms. The van der Waals surface area contributed by atoms with Gasteiger partial charge in [0.15, 0.2) is 0 Å². The predicted octanol–water partition coefficient (Wildman–Crippen LogP) is 3.26. The molecule has 0 radical (unpaired) electrons. The normalized spacial score (nSPS) is 8.33. The highest BCUT2D eigenvalue weighted by atomic mass is 14.2. The van der Waals surface area contributed by atoms with Gasteiger partial charge in [0.1, 0.15) is 0 Å². The molecule has 1 nitrogen and oxygen atoms in total. The van der Waals surface area contributed by atoms with Gasteiger partial charge in [0.2, 0.25) is 0 Å². The van der Waals surface area contributed by atoms with Gasteiger partial charge in [0, 0.05) is 6.42 Å². The Morgan fingerprint density at radius 2 is 1.75 bits per heavy atom. The lowest BCUT2D eigenvalue weighted by molar-refractivity contribution is 0.641. The summed E-state index contributed by atoms with van der Waals surface area (Å²) in [6.07, 6.45) is 7.79. The highest BCUT2D eigenvalue weighted by molar-refractivity contribution is 5.04. The van der Waals surface area contributed by atoms with Crippen LogP contribution in [0.25, 0.3) is 0 Å². The minimum atomic E-state index is 0.384. The number of nitrogens with zero attached hydrogens (tertiary/aromatic N) is 1. The number of nitriles is 1. The monoisotopic (exact) mass is 163 g/mol.